The van der Waals surface area contributed by atoms with Gasteiger partial charge in [0.1, 0.15) is 11.6 Å². The van der Waals surface area contributed by atoms with Crippen LogP contribution < -0.4 is 0 Å². The molecular weight excluding hydrogens is 463 g/mol. The van der Waals surface area contributed by atoms with Crippen LogP contribution in [0.1, 0.15) is 10.4 Å². The Morgan fingerprint density at radius 1 is 1.10 bits per heavy atom. The van der Waals surface area contributed by atoms with Crippen molar-refractivity contribution < 1.29 is 19.4 Å². The Balaban J connectivity index is 2.82. The Kier molecular flexibility index (Phi) is 4.51. The smallest absolute Gasteiger partial charge is 0.336 e. The fourth-order valence-electron chi connectivity index (χ4n) is 1.74. The van der Waals surface area contributed by atoms with Crippen molar-refractivity contribution in [2.45, 2.75) is 0 Å². The van der Waals surface area contributed by atoms with Gasteiger partial charge < -0.3 is 10.2 Å². The van der Waals surface area contributed by atoms with Crippen LogP contribution in [-0.4, -0.2) is 16.2 Å². The Hall–Kier alpha value is -0.920. The van der Waals surface area contributed by atoms with Gasteiger partial charge in [-0.3, -0.25) is 0 Å². The minimum absolute atomic E-state index is 0.0659. The first-order valence-corrected chi connectivity index (χ1v) is 7.60. The molecule has 0 spiro atoms. The zero-order valence-corrected chi connectivity index (χ0v) is 14.4. The minimum atomic E-state index is -1.25. The number of aromatic hydroxyl groups is 1. The highest BCUT2D eigenvalue weighted by molar-refractivity contribution is 9.11. The van der Waals surface area contributed by atoms with E-state index in [0.29, 0.717) is 24.5 Å². The fraction of sp³-hybridized carbons (Fsp3) is 0. The van der Waals surface area contributed by atoms with Crippen molar-refractivity contribution in [3.63, 3.8) is 0 Å². The summed E-state index contributed by atoms with van der Waals surface area (Å²) >= 11 is 9.71. The maximum atomic E-state index is 13.2. The van der Waals surface area contributed by atoms with Crippen LogP contribution in [0, 0.1) is 5.82 Å². The van der Waals surface area contributed by atoms with E-state index in [1.165, 1.54) is 12.1 Å². The predicted molar refractivity (Wildman–Crippen MR) is 83.6 cm³/mol. The molecule has 2 aromatic carbocycles. The van der Waals surface area contributed by atoms with Gasteiger partial charge in [-0.05, 0) is 55.6 Å². The second kappa shape index (κ2) is 5.83. The Bertz CT molecular complexity index is 716. The first kappa shape index (κ1) is 15.5. The zero-order chi connectivity index (χ0) is 15.0. The van der Waals surface area contributed by atoms with Crippen molar-refractivity contribution in [1.82, 2.24) is 0 Å². The maximum Gasteiger partial charge on any atom is 0.336 e. The largest absolute Gasteiger partial charge is 0.506 e. The first-order chi connectivity index (χ1) is 9.32. The third kappa shape index (κ3) is 2.75. The number of aromatic carboxylic acids is 1. The number of benzene rings is 2. The molecule has 0 aliphatic carbocycles. The highest BCUT2D eigenvalue weighted by Gasteiger charge is 2.20. The molecule has 0 unspecified atom stereocenters. The molecule has 20 heavy (non-hydrogen) atoms. The molecule has 7 heteroatoms. The van der Waals surface area contributed by atoms with E-state index >= 15 is 0 Å². The summed E-state index contributed by atoms with van der Waals surface area (Å²) in [5.74, 6) is -1.95. The normalized spacial score (nSPS) is 10.6. The van der Waals surface area contributed by atoms with E-state index in [4.69, 9.17) is 0 Å². The quantitative estimate of drug-likeness (QED) is 0.638. The molecule has 0 atom stereocenters. The Labute approximate surface area is 138 Å². The lowest BCUT2D eigenvalue weighted by Gasteiger charge is -2.13. The van der Waals surface area contributed by atoms with Crippen LogP contribution in [0.4, 0.5) is 4.39 Å². The number of rotatable bonds is 2. The molecule has 0 aliphatic heterocycles. The molecule has 0 saturated heterocycles. The maximum absolute atomic E-state index is 13.2. The molecule has 2 aromatic rings. The lowest BCUT2D eigenvalue weighted by atomic mass is 9.99. The van der Waals surface area contributed by atoms with E-state index in [1.54, 1.807) is 6.07 Å². The first-order valence-electron chi connectivity index (χ1n) is 5.22. The number of hydrogen-bond acceptors (Lipinski definition) is 2. The summed E-state index contributed by atoms with van der Waals surface area (Å²) in [5.41, 5.74) is 0.539. The van der Waals surface area contributed by atoms with Gasteiger partial charge in [0.05, 0.1) is 14.5 Å². The van der Waals surface area contributed by atoms with Crippen LogP contribution in [0.25, 0.3) is 11.1 Å². The van der Waals surface area contributed by atoms with Crippen LogP contribution in [-0.2, 0) is 0 Å². The molecule has 0 heterocycles. The monoisotopic (exact) mass is 466 g/mol. The molecule has 0 aliphatic rings. The van der Waals surface area contributed by atoms with Crippen LogP contribution in [0.2, 0.25) is 0 Å². The highest BCUT2D eigenvalue weighted by atomic mass is 79.9. The minimum Gasteiger partial charge on any atom is -0.506 e. The molecule has 0 saturated carbocycles. The van der Waals surface area contributed by atoms with Gasteiger partial charge in [0.25, 0.3) is 0 Å². The van der Waals surface area contributed by atoms with Crippen molar-refractivity contribution in [2.75, 3.05) is 0 Å². The molecule has 3 nitrogen and oxygen atoms in total. The van der Waals surface area contributed by atoms with Gasteiger partial charge in [0.2, 0.25) is 0 Å². The molecular formula is C13H6Br3FO3. The summed E-state index contributed by atoms with van der Waals surface area (Å²) in [6, 6.07) is 5.05. The van der Waals surface area contributed by atoms with Gasteiger partial charge >= 0.3 is 5.97 Å². The molecule has 0 bridgehead atoms. The van der Waals surface area contributed by atoms with Gasteiger partial charge in [-0.25, -0.2) is 9.18 Å². The number of hydrogen-bond donors (Lipinski definition) is 2. The summed E-state index contributed by atoms with van der Waals surface area (Å²) < 4.78 is 14.5. The standard InChI is InChI=1S/C13H6Br3FO3/c14-8-4-9(15)12(18)11(16)10(8)6-2-1-5(17)3-7(6)13(19)20/h1-4,18H,(H,19,20). The van der Waals surface area contributed by atoms with Crippen molar-refractivity contribution in [3.8, 4) is 16.9 Å². The number of carboxylic acid groups (broad SMARTS) is 1. The lowest BCUT2D eigenvalue weighted by Crippen LogP contribution is -2.01. The molecule has 0 fully saturated rings. The van der Waals surface area contributed by atoms with E-state index in [0.717, 1.165) is 6.07 Å². The number of carboxylic acids is 1. The number of carbonyl (C=O) groups is 1. The fourth-order valence-corrected chi connectivity index (χ4v) is 4.29. The van der Waals surface area contributed by atoms with Crippen molar-refractivity contribution in [3.05, 3.63) is 49.1 Å². The van der Waals surface area contributed by atoms with E-state index in [9.17, 15) is 19.4 Å². The molecule has 0 aromatic heterocycles. The predicted octanol–water partition coefficient (Wildman–Crippen LogP) is 5.18. The van der Waals surface area contributed by atoms with E-state index in [2.05, 4.69) is 47.8 Å². The summed E-state index contributed by atoms with van der Waals surface area (Å²) in [6.45, 7) is 0. The summed E-state index contributed by atoms with van der Waals surface area (Å²) in [5, 5.41) is 19.1. The molecule has 2 rings (SSSR count). The van der Waals surface area contributed by atoms with E-state index in [1.807, 2.05) is 0 Å². The zero-order valence-electron chi connectivity index (χ0n) is 9.62. The summed E-state index contributed by atoms with van der Waals surface area (Å²) in [6.07, 6.45) is 0. The number of halogens is 4. The second-order valence-corrected chi connectivity index (χ2v) is 6.37. The number of phenolic OH excluding ortho intramolecular Hbond substituents is 1. The van der Waals surface area contributed by atoms with Crippen LogP contribution in [0.3, 0.4) is 0 Å². The third-order valence-electron chi connectivity index (χ3n) is 2.63. The molecule has 104 valence electrons. The van der Waals surface area contributed by atoms with E-state index < -0.39 is 11.8 Å². The van der Waals surface area contributed by atoms with Crippen LogP contribution in [0.5, 0.6) is 5.75 Å². The third-order valence-corrected chi connectivity index (χ3v) is 4.63. The SMILES string of the molecule is O=C(O)c1cc(F)ccc1-c1c(Br)cc(Br)c(O)c1Br. The van der Waals surface area contributed by atoms with Gasteiger partial charge in [-0.2, -0.15) is 0 Å². The summed E-state index contributed by atoms with van der Waals surface area (Å²) in [4.78, 5) is 11.3. The topological polar surface area (TPSA) is 57.5 Å². The molecule has 2 N–H and O–H groups in total. The molecule has 0 amide bonds. The van der Waals surface area contributed by atoms with Crippen molar-refractivity contribution in [1.29, 1.82) is 0 Å². The average Bonchev–Trinajstić information content (AvgIpc) is 2.37. The highest BCUT2D eigenvalue weighted by Crippen LogP contribution is 2.45. The number of phenols is 1. The van der Waals surface area contributed by atoms with Gasteiger partial charge in [-0.15, -0.1) is 0 Å². The van der Waals surface area contributed by atoms with E-state index in [-0.39, 0.29) is 11.3 Å². The summed E-state index contributed by atoms with van der Waals surface area (Å²) in [7, 11) is 0. The second-order valence-electron chi connectivity index (χ2n) is 3.87. The van der Waals surface area contributed by atoms with Crippen molar-refractivity contribution in [2.24, 2.45) is 0 Å². The van der Waals surface area contributed by atoms with Gasteiger partial charge in [-0.1, -0.05) is 22.0 Å². The molecule has 0 radical (unpaired) electrons. The van der Waals surface area contributed by atoms with Gasteiger partial charge in [0.15, 0.2) is 0 Å². The Morgan fingerprint density at radius 2 is 1.75 bits per heavy atom. The van der Waals surface area contributed by atoms with Crippen molar-refractivity contribution >= 4 is 53.8 Å². The van der Waals surface area contributed by atoms with Crippen LogP contribution in [0.15, 0.2) is 37.7 Å². The lowest BCUT2D eigenvalue weighted by molar-refractivity contribution is 0.0697. The van der Waals surface area contributed by atoms with Crippen LogP contribution >= 0.6 is 47.8 Å². The Morgan fingerprint density at radius 3 is 2.35 bits per heavy atom. The average molecular weight is 469 g/mol. The van der Waals surface area contributed by atoms with Gasteiger partial charge in [0, 0.05) is 10.0 Å².